The van der Waals surface area contributed by atoms with Crippen molar-refractivity contribution in [2.24, 2.45) is 5.92 Å². The number of β-lactam (4-membered cyclic amide) rings is 1. The fraction of sp³-hybridized carbons (Fsp3) is 0.200. The largest absolute Gasteiger partial charge is 0.494 e. The van der Waals surface area contributed by atoms with E-state index in [4.69, 9.17) is 14.6 Å². The quantitative estimate of drug-likeness (QED) is 0.479. The first kappa shape index (κ1) is 22.3. The molecule has 1 fully saturated rings. The summed E-state index contributed by atoms with van der Waals surface area (Å²) in [7, 11) is 0. The van der Waals surface area contributed by atoms with Crippen LogP contribution in [0.1, 0.15) is 18.0 Å². The van der Waals surface area contributed by atoms with Gasteiger partial charge in [-0.05, 0) is 72.6 Å². The van der Waals surface area contributed by atoms with Crippen LogP contribution in [0.4, 0.5) is 14.5 Å². The molecule has 8 heteroatoms. The summed E-state index contributed by atoms with van der Waals surface area (Å²) in [5.41, 5.74) is 1.40. The van der Waals surface area contributed by atoms with Crippen molar-refractivity contribution in [1.82, 2.24) is 0 Å². The zero-order valence-corrected chi connectivity index (χ0v) is 17.5. The zero-order valence-electron chi connectivity index (χ0n) is 17.5. The van der Waals surface area contributed by atoms with Crippen molar-refractivity contribution in [2.75, 3.05) is 18.1 Å². The second kappa shape index (κ2) is 9.68. The third kappa shape index (κ3) is 5.11. The number of carbonyl (C=O) groups excluding carboxylic acids is 1. The summed E-state index contributed by atoms with van der Waals surface area (Å²) < 4.78 is 37.3. The van der Waals surface area contributed by atoms with Crippen LogP contribution in [0.5, 0.6) is 11.5 Å². The lowest BCUT2D eigenvalue weighted by Gasteiger charge is -2.47. The molecule has 170 valence electrons. The van der Waals surface area contributed by atoms with Crippen LogP contribution in [0.25, 0.3) is 0 Å². The number of anilines is 1. The predicted octanol–water partition coefficient (Wildman–Crippen LogP) is 4.60. The van der Waals surface area contributed by atoms with Gasteiger partial charge in [-0.25, -0.2) is 13.6 Å². The third-order valence-electron chi connectivity index (χ3n) is 5.41. The molecular formula is C25H21F2NO5. The van der Waals surface area contributed by atoms with E-state index in [1.807, 2.05) is 0 Å². The van der Waals surface area contributed by atoms with E-state index < -0.39 is 18.4 Å². The van der Waals surface area contributed by atoms with Crippen LogP contribution in [-0.2, 0) is 9.59 Å². The van der Waals surface area contributed by atoms with Crippen molar-refractivity contribution in [1.29, 1.82) is 0 Å². The number of carboxylic acids is 1. The lowest BCUT2D eigenvalue weighted by Crippen LogP contribution is -2.55. The standard InChI is InChI=1S/C25H21F2NO5/c26-17-3-7-19(8-4-17)28-24(16-1-9-21(10-2-16)33-15-23(29)30)22(25(28)31)13-14-32-20-11-5-18(27)6-12-20/h1-12,22,24H,13-15H2,(H,29,30). The zero-order chi connectivity index (χ0) is 23.4. The highest BCUT2D eigenvalue weighted by atomic mass is 19.1. The number of carboxylic acid groups (broad SMARTS) is 1. The van der Waals surface area contributed by atoms with Gasteiger partial charge in [-0.3, -0.25) is 4.79 Å². The first-order valence-electron chi connectivity index (χ1n) is 10.3. The fourth-order valence-electron chi connectivity index (χ4n) is 3.84. The summed E-state index contributed by atoms with van der Waals surface area (Å²) in [5, 5.41) is 8.76. The highest BCUT2D eigenvalue weighted by Gasteiger charge is 2.48. The van der Waals surface area contributed by atoms with Gasteiger partial charge >= 0.3 is 5.97 Å². The van der Waals surface area contributed by atoms with Crippen LogP contribution in [0.15, 0.2) is 72.8 Å². The number of rotatable bonds is 9. The Morgan fingerprint density at radius 1 is 0.848 bits per heavy atom. The molecule has 3 aromatic rings. The minimum absolute atomic E-state index is 0.111. The maximum absolute atomic E-state index is 13.4. The van der Waals surface area contributed by atoms with E-state index in [1.54, 1.807) is 41.3 Å². The highest BCUT2D eigenvalue weighted by molar-refractivity contribution is 6.03. The monoisotopic (exact) mass is 453 g/mol. The SMILES string of the molecule is O=C(O)COc1ccc(C2C(CCOc3ccc(F)cc3)C(=O)N2c2ccc(F)cc2)cc1. The van der Waals surface area contributed by atoms with Crippen LogP contribution >= 0.6 is 0 Å². The summed E-state index contributed by atoms with van der Waals surface area (Å²) in [5.74, 6) is -1.41. The number of hydrogen-bond acceptors (Lipinski definition) is 4. The van der Waals surface area contributed by atoms with Gasteiger partial charge in [0, 0.05) is 5.69 Å². The molecule has 0 aromatic heterocycles. The van der Waals surface area contributed by atoms with Crippen LogP contribution in [0, 0.1) is 17.6 Å². The first-order chi connectivity index (χ1) is 15.9. The van der Waals surface area contributed by atoms with E-state index in [9.17, 15) is 18.4 Å². The molecule has 1 heterocycles. The van der Waals surface area contributed by atoms with Gasteiger partial charge in [-0.15, -0.1) is 0 Å². The molecule has 2 atom stereocenters. The lowest BCUT2D eigenvalue weighted by molar-refractivity contribution is -0.139. The van der Waals surface area contributed by atoms with Crippen LogP contribution in [0.2, 0.25) is 0 Å². The number of halogens is 2. The maximum Gasteiger partial charge on any atom is 0.341 e. The van der Waals surface area contributed by atoms with Crippen LogP contribution in [-0.4, -0.2) is 30.2 Å². The molecule has 1 saturated heterocycles. The minimum Gasteiger partial charge on any atom is -0.494 e. The average molecular weight is 453 g/mol. The smallest absolute Gasteiger partial charge is 0.341 e. The molecule has 1 N–H and O–H groups in total. The number of carbonyl (C=O) groups is 2. The lowest BCUT2D eigenvalue weighted by atomic mass is 9.80. The van der Waals surface area contributed by atoms with Gasteiger partial charge in [-0.2, -0.15) is 0 Å². The normalized spacial score (nSPS) is 17.4. The van der Waals surface area contributed by atoms with E-state index in [2.05, 4.69) is 0 Å². The number of hydrogen-bond donors (Lipinski definition) is 1. The summed E-state index contributed by atoms with van der Waals surface area (Å²) >= 11 is 0. The molecular weight excluding hydrogens is 432 g/mol. The van der Waals surface area contributed by atoms with Crippen molar-refractivity contribution in [3.63, 3.8) is 0 Å². The van der Waals surface area contributed by atoms with Crippen molar-refractivity contribution in [3.05, 3.63) is 90.0 Å². The third-order valence-corrected chi connectivity index (χ3v) is 5.41. The van der Waals surface area contributed by atoms with Crippen molar-refractivity contribution in [2.45, 2.75) is 12.5 Å². The van der Waals surface area contributed by atoms with Gasteiger partial charge < -0.3 is 19.5 Å². The molecule has 4 rings (SSSR count). The molecule has 3 aromatic carbocycles. The Kier molecular flexibility index (Phi) is 6.53. The summed E-state index contributed by atoms with van der Waals surface area (Å²) in [4.78, 5) is 25.3. The van der Waals surface area contributed by atoms with Crippen molar-refractivity contribution < 1.29 is 33.0 Å². The van der Waals surface area contributed by atoms with Gasteiger partial charge in [0.25, 0.3) is 0 Å². The van der Waals surface area contributed by atoms with Gasteiger partial charge in [0.2, 0.25) is 5.91 Å². The molecule has 33 heavy (non-hydrogen) atoms. The molecule has 1 amide bonds. The predicted molar refractivity (Wildman–Crippen MR) is 116 cm³/mol. The van der Waals surface area contributed by atoms with Gasteiger partial charge in [0.15, 0.2) is 6.61 Å². The van der Waals surface area contributed by atoms with E-state index in [1.165, 1.54) is 36.4 Å². The number of amides is 1. The second-order valence-corrected chi connectivity index (χ2v) is 7.58. The number of aliphatic carboxylic acids is 1. The summed E-state index contributed by atoms with van der Waals surface area (Å²) in [6.07, 6.45) is 0.426. The van der Waals surface area contributed by atoms with E-state index in [0.29, 0.717) is 23.6 Å². The number of nitrogens with zero attached hydrogens (tertiary/aromatic N) is 1. The molecule has 0 bridgehead atoms. The molecule has 0 aliphatic carbocycles. The molecule has 2 unspecified atom stereocenters. The van der Waals surface area contributed by atoms with Gasteiger partial charge in [0.1, 0.15) is 23.1 Å². The Morgan fingerprint density at radius 3 is 2.00 bits per heavy atom. The van der Waals surface area contributed by atoms with Crippen LogP contribution in [0.3, 0.4) is 0 Å². The molecule has 0 saturated carbocycles. The second-order valence-electron chi connectivity index (χ2n) is 7.58. The van der Waals surface area contributed by atoms with Crippen molar-refractivity contribution in [3.8, 4) is 11.5 Å². The Morgan fingerprint density at radius 2 is 1.39 bits per heavy atom. The Hall–Kier alpha value is -3.94. The molecule has 1 aliphatic rings. The summed E-state index contributed by atoms with van der Waals surface area (Å²) in [6.45, 7) is -0.193. The maximum atomic E-state index is 13.4. The molecule has 6 nitrogen and oxygen atoms in total. The highest BCUT2D eigenvalue weighted by Crippen LogP contribution is 2.45. The molecule has 0 radical (unpaired) electrons. The molecule has 0 spiro atoms. The Labute approximate surface area is 189 Å². The van der Waals surface area contributed by atoms with E-state index in [0.717, 1.165) is 5.56 Å². The van der Waals surface area contributed by atoms with E-state index >= 15 is 0 Å². The Balaban J connectivity index is 1.51. The van der Waals surface area contributed by atoms with Gasteiger partial charge in [-0.1, -0.05) is 12.1 Å². The van der Waals surface area contributed by atoms with Crippen LogP contribution < -0.4 is 14.4 Å². The number of benzene rings is 3. The minimum atomic E-state index is -1.08. The van der Waals surface area contributed by atoms with Crippen molar-refractivity contribution >= 4 is 17.6 Å². The Bertz CT molecular complexity index is 1120. The number of ether oxygens (including phenoxy) is 2. The van der Waals surface area contributed by atoms with E-state index in [-0.39, 0.29) is 30.3 Å². The first-order valence-corrected chi connectivity index (χ1v) is 10.3. The molecule has 1 aliphatic heterocycles. The van der Waals surface area contributed by atoms with Gasteiger partial charge in [0.05, 0.1) is 18.6 Å². The summed E-state index contributed by atoms with van der Waals surface area (Å²) in [6, 6.07) is 17.9. The fourth-order valence-corrected chi connectivity index (χ4v) is 3.84. The topological polar surface area (TPSA) is 76.1 Å². The average Bonchev–Trinajstić information content (AvgIpc) is 2.81.